The topological polar surface area (TPSA) is 155 Å². The molecule has 0 unspecified atom stereocenters. The number of guanidine groups is 2. The Kier molecular flexibility index (Phi) is 5.86. The molecule has 0 saturated carbocycles. The van der Waals surface area contributed by atoms with Gasteiger partial charge in [-0.05, 0) is 12.8 Å². The maximum atomic E-state index is 10.4. The third-order valence-corrected chi connectivity index (χ3v) is 2.01. The molecule has 0 amide bonds. The first-order valence-corrected chi connectivity index (χ1v) is 4.72. The molecule has 0 radical (unpaired) electrons. The number of hydrogen-bond donors (Lipinski definition) is 5. The summed E-state index contributed by atoms with van der Waals surface area (Å²) in [7, 11) is 1.48. The van der Waals surface area contributed by atoms with E-state index in [2.05, 4.69) is 4.99 Å². The summed E-state index contributed by atoms with van der Waals surface area (Å²) >= 11 is 0. The Labute approximate surface area is 93.6 Å². The third kappa shape index (κ3) is 4.60. The van der Waals surface area contributed by atoms with Crippen LogP contribution in [0.3, 0.4) is 0 Å². The molecule has 1 atom stereocenters. The van der Waals surface area contributed by atoms with Crippen LogP contribution in [0.5, 0.6) is 0 Å². The van der Waals surface area contributed by atoms with Crippen molar-refractivity contribution in [2.75, 3.05) is 13.6 Å². The number of carboxylic acid groups (broad SMARTS) is 1. The van der Waals surface area contributed by atoms with Gasteiger partial charge in [0.1, 0.15) is 6.04 Å². The monoisotopic (exact) mass is 230 g/mol. The number of aliphatic carboxylic acids is 1. The minimum Gasteiger partial charge on any atom is -0.480 e. The second kappa shape index (κ2) is 6.62. The molecular formula is C8H18N6O2. The summed E-state index contributed by atoms with van der Waals surface area (Å²) in [4.78, 5) is 15.4. The fourth-order valence-corrected chi connectivity index (χ4v) is 1.07. The molecule has 8 N–H and O–H groups in total. The third-order valence-electron chi connectivity index (χ3n) is 2.01. The number of rotatable bonds is 5. The van der Waals surface area contributed by atoms with E-state index in [1.54, 1.807) is 0 Å². The van der Waals surface area contributed by atoms with Crippen LogP contribution >= 0.6 is 0 Å². The first kappa shape index (κ1) is 14.2. The highest BCUT2D eigenvalue weighted by Gasteiger charge is 2.14. The first-order chi connectivity index (χ1) is 7.40. The van der Waals surface area contributed by atoms with Crippen LogP contribution in [-0.4, -0.2) is 47.5 Å². The average Bonchev–Trinajstić information content (AvgIpc) is 2.22. The SMILES string of the molecule is CN=C(N)N(CCC[C@H](N)C(=O)O)C(=N)N. The molecule has 0 bridgehead atoms. The predicted molar refractivity (Wildman–Crippen MR) is 61.0 cm³/mol. The van der Waals surface area contributed by atoms with E-state index in [4.69, 9.17) is 27.7 Å². The number of carbonyl (C=O) groups is 1. The fourth-order valence-electron chi connectivity index (χ4n) is 1.07. The van der Waals surface area contributed by atoms with Crippen LogP contribution in [0.2, 0.25) is 0 Å². The van der Waals surface area contributed by atoms with Gasteiger partial charge >= 0.3 is 5.97 Å². The van der Waals surface area contributed by atoms with Gasteiger partial charge in [-0.1, -0.05) is 0 Å². The predicted octanol–water partition coefficient (Wildman–Crippen LogP) is -1.68. The minimum atomic E-state index is -1.05. The Bertz CT molecular complexity index is 290. The van der Waals surface area contributed by atoms with E-state index in [9.17, 15) is 4.79 Å². The minimum absolute atomic E-state index is 0.122. The van der Waals surface area contributed by atoms with Crippen molar-refractivity contribution in [1.29, 1.82) is 5.41 Å². The molecule has 0 aromatic heterocycles. The van der Waals surface area contributed by atoms with Crippen molar-refractivity contribution in [3.63, 3.8) is 0 Å². The van der Waals surface area contributed by atoms with Gasteiger partial charge < -0.3 is 22.3 Å². The smallest absolute Gasteiger partial charge is 0.320 e. The molecule has 92 valence electrons. The quantitative estimate of drug-likeness (QED) is 0.280. The molecular weight excluding hydrogens is 212 g/mol. The lowest BCUT2D eigenvalue weighted by Gasteiger charge is -2.21. The van der Waals surface area contributed by atoms with E-state index in [0.29, 0.717) is 13.0 Å². The molecule has 8 heteroatoms. The van der Waals surface area contributed by atoms with Crippen molar-refractivity contribution in [1.82, 2.24) is 4.90 Å². The van der Waals surface area contributed by atoms with Crippen LogP contribution in [0.4, 0.5) is 0 Å². The van der Waals surface area contributed by atoms with Crippen LogP contribution in [0.15, 0.2) is 4.99 Å². The van der Waals surface area contributed by atoms with Crippen molar-refractivity contribution in [3.05, 3.63) is 0 Å². The van der Waals surface area contributed by atoms with Crippen LogP contribution in [0.1, 0.15) is 12.8 Å². The van der Waals surface area contributed by atoms with Gasteiger partial charge in [0.05, 0.1) is 0 Å². The molecule has 0 spiro atoms. The number of nitrogens with one attached hydrogen (secondary N) is 1. The summed E-state index contributed by atoms with van der Waals surface area (Å²) in [5.41, 5.74) is 16.1. The lowest BCUT2D eigenvalue weighted by Crippen LogP contribution is -2.46. The lowest BCUT2D eigenvalue weighted by molar-refractivity contribution is -0.138. The zero-order valence-electron chi connectivity index (χ0n) is 9.18. The highest BCUT2D eigenvalue weighted by molar-refractivity contribution is 5.95. The number of carboxylic acids is 1. The summed E-state index contributed by atoms with van der Waals surface area (Å²) in [6.07, 6.45) is 0.749. The van der Waals surface area contributed by atoms with Crippen molar-refractivity contribution < 1.29 is 9.90 Å². The van der Waals surface area contributed by atoms with E-state index >= 15 is 0 Å². The van der Waals surface area contributed by atoms with Crippen molar-refractivity contribution in [2.45, 2.75) is 18.9 Å². The van der Waals surface area contributed by atoms with Gasteiger partial charge in [-0.3, -0.25) is 20.1 Å². The second-order valence-electron chi connectivity index (χ2n) is 3.21. The summed E-state index contributed by atoms with van der Waals surface area (Å²) in [5.74, 6) is -1.16. The normalized spacial score (nSPS) is 13.2. The summed E-state index contributed by atoms with van der Waals surface area (Å²) in [6, 6.07) is -0.909. The van der Waals surface area contributed by atoms with Gasteiger partial charge in [0, 0.05) is 13.6 Å². The Morgan fingerprint density at radius 1 is 1.56 bits per heavy atom. The largest absolute Gasteiger partial charge is 0.480 e. The number of nitrogens with zero attached hydrogens (tertiary/aromatic N) is 2. The fraction of sp³-hybridized carbons (Fsp3) is 0.625. The van der Waals surface area contributed by atoms with Crippen molar-refractivity contribution in [2.24, 2.45) is 22.2 Å². The Hall–Kier alpha value is -1.83. The molecule has 0 aromatic carbocycles. The number of hydrogen-bond acceptors (Lipinski definition) is 4. The van der Waals surface area contributed by atoms with Crippen molar-refractivity contribution in [3.8, 4) is 0 Å². The highest BCUT2D eigenvalue weighted by Crippen LogP contribution is 1.98. The molecule has 0 rings (SSSR count). The Balaban J connectivity index is 4.15. The maximum absolute atomic E-state index is 10.4. The van der Waals surface area contributed by atoms with Crippen LogP contribution in [-0.2, 0) is 4.79 Å². The van der Waals surface area contributed by atoms with Gasteiger partial charge in [-0.25, -0.2) is 0 Å². The summed E-state index contributed by atoms with van der Waals surface area (Å²) in [6.45, 7) is 0.319. The maximum Gasteiger partial charge on any atom is 0.320 e. The Morgan fingerprint density at radius 3 is 2.50 bits per heavy atom. The van der Waals surface area contributed by atoms with Gasteiger partial charge in [-0.15, -0.1) is 0 Å². The molecule has 16 heavy (non-hydrogen) atoms. The molecule has 0 fully saturated rings. The van der Waals surface area contributed by atoms with Crippen molar-refractivity contribution >= 4 is 17.9 Å². The number of nitrogens with two attached hydrogens (primary N) is 3. The van der Waals surface area contributed by atoms with Crippen LogP contribution in [0, 0.1) is 5.41 Å². The van der Waals surface area contributed by atoms with Crippen LogP contribution < -0.4 is 17.2 Å². The first-order valence-electron chi connectivity index (χ1n) is 4.72. The van der Waals surface area contributed by atoms with E-state index in [1.165, 1.54) is 11.9 Å². The van der Waals surface area contributed by atoms with Crippen LogP contribution in [0.25, 0.3) is 0 Å². The Morgan fingerprint density at radius 2 is 2.12 bits per heavy atom. The zero-order valence-corrected chi connectivity index (χ0v) is 9.18. The molecule has 0 aromatic rings. The standard InChI is InChI=1S/C8H18N6O2/c1-13-8(12)14(7(10)11)4-2-3-5(9)6(15)16/h5H,2-4,9H2,1H3,(H3,10,11)(H2,12,13)(H,15,16)/t5-/m0/s1. The second-order valence-corrected chi connectivity index (χ2v) is 3.21. The van der Waals surface area contributed by atoms with E-state index in [0.717, 1.165) is 0 Å². The van der Waals surface area contributed by atoms with Gasteiger partial charge in [0.15, 0.2) is 11.9 Å². The van der Waals surface area contributed by atoms with Gasteiger partial charge in [-0.2, -0.15) is 0 Å². The molecule has 0 aliphatic rings. The molecule has 0 saturated heterocycles. The van der Waals surface area contributed by atoms with Gasteiger partial charge in [0.25, 0.3) is 0 Å². The molecule has 8 nitrogen and oxygen atoms in total. The zero-order chi connectivity index (χ0) is 12.7. The lowest BCUT2D eigenvalue weighted by atomic mass is 10.1. The highest BCUT2D eigenvalue weighted by atomic mass is 16.4. The number of aliphatic imine (C=N–C) groups is 1. The average molecular weight is 230 g/mol. The van der Waals surface area contributed by atoms with Gasteiger partial charge in [0.2, 0.25) is 0 Å². The summed E-state index contributed by atoms with van der Waals surface area (Å²) in [5, 5.41) is 15.8. The molecule has 0 aliphatic heterocycles. The summed E-state index contributed by atoms with van der Waals surface area (Å²) < 4.78 is 0. The van der Waals surface area contributed by atoms with E-state index in [1.807, 2.05) is 0 Å². The van der Waals surface area contributed by atoms with E-state index < -0.39 is 12.0 Å². The van der Waals surface area contributed by atoms with E-state index in [-0.39, 0.29) is 18.3 Å². The molecule has 0 heterocycles. The molecule has 0 aliphatic carbocycles.